The molecule has 4 heteroatoms. The number of aromatic nitrogens is 2. The van der Waals surface area contributed by atoms with Crippen LogP contribution in [0.1, 0.15) is 31.4 Å². The largest absolute Gasteiger partial charge is 0.380 e. The van der Waals surface area contributed by atoms with Crippen LogP contribution < -0.4 is 5.32 Å². The average Bonchev–Trinajstić information content (AvgIpc) is 2.79. The van der Waals surface area contributed by atoms with Crippen molar-refractivity contribution < 1.29 is 4.74 Å². The molecule has 0 radical (unpaired) electrons. The summed E-state index contributed by atoms with van der Waals surface area (Å²) in [6.45, 7) is 0.852. The molecule has 1 aliphatic rings. The molecule has 0 amide bonds. The Bertz CT molecular complexity index is 273. The summed E-state index contributed by atoms with van der Waals surface area (Å²) >= 11 is 0. The summed E-state index contributed by atoms with van der Waals surface area (Å²) in [4.78, 5) is 0. The first-order valence-corrected chi connectivity index (χ1v) is 5.64. The molecule has 0 bridgehead atoms. The van der Waals surface area contributed by atoms with Crippen molar-refractivity contribution in [2.45, 2.75) is 44.4 Å². The lowest BCUT2D eigenvalue weighted by atomic mass is 9.92. The maximum absolute atomic E-state index is 5.49. The molecule has 1 aromatic heterocycles. The Kier molecular flexibility index (Phi) is 3.75. The Balaban J connectivity index is 1.81. The van der Waals surface area contributed by atoms with E-state index in [1.165, 1.54) is 25.7 Å². The van der Waals surface area contributed by atoms with Crippen molar-refractivity contribution in [3.05, 3.63) is 18.0 Å². The van der Waals surface area contributed by atoms with Gasteiger partial charge in [-0.2, -0.15) is 5.10 Å². The van der Waals surface area contributed by atoms with Crippen molar-refractivity contribution in [1.82, 2.24) is 15.5 Å². The zero-order chi connectivity index (χ0) is 10.5. The van der Waals surface area contributed by atoms with Crippen LogP contribution in [0.3, 0.4) is 0 Å². The van der Waals surface area contributed by atoms with Gasteiger partial charge in [-0.1, -0.05) is 12.8 Å². The van der Waals surface area contributed by atoms with E-state index in [4.69, 9.17) is 4.74 Å². The number of nitrogens with one attached hydrogen (secondary N) is 2. The van der Waals surface area contributed by atoms with Crippen molar-refractivity contribution in [2.75, 3.05) is 7.11 Å². The SMILES string of the molecule is COC1CCCCC1NCc1ccn[nH]1. The van der Waals surface area contributed by atoms with Gasteiger partial charge in [0.1, 0.15) is 0 Å². The van der Waals surface area contributed by atoms with Crippen LogP contribution in [0.4, 0.5) is 0 Å². The number of H-pyrrole nitrogens is 1. The molecular formula is C11H19N3O. The van der Waals surface area contributed by atoms with Crippen LogP contribution in [-0.4, -0.2) is 29.5 Å². The first-order chi connectivity index (χ1) is 7.40. The summed E-state index contributed by atoms with van der Waals surface area (Å²) < 4.78 is 5.49. The summed E-state index contributed by atoms with van der Waals surface area (Å²) in [6.07, 6.45) is 7.15. The molecule has 4 nitrogen and oxygen atoms in total. The molecule has 1 heterocycles. The Hall–Kier alpha value is -0.870. The molecule has 2 rings (SSSR count). The van der Waals surface area contributed by atoms with E-state index in [0.29, 0.717) is 12.1 Å². The zero-order valence-corrected chi connectivity index (χ0v) is 9.20. The second-order valence-corrected chi connectivity index (χ2v) is 4.13. The van der Waals surface area contributed by atoms with Gasteiger partial charge in [0.25, 0.3) is 0 Å². The highest BCUT2D eigenvalue weighted by Gasteiger charge is 2.24. The van der Waals surface area contributed by atoms with Crippen LogP contribution in [0.2, 0.25) is 0 Å². The predicted octanol–water partition coefficient (Wildman–Crippen LogP) is 1.46. The fourth-order valence-corrected chi connectivity index (χ4v) is 2.24. The molecule has 2 unspecified atom stereocenters. The third-order valence-electron chi connectivity index (χ3n) is 3.12. The number of hydrogen-bond acceptors (Lipinski definition) is 3. The molecule has 1 aromatic rings. The quantitative estimate of drug-likeness (QED) is 0.789. The van der Waals surface area contributed by atoms with E-state index in [9.17, 15) is 0 Å². The minimum Gasteiger partial charge on any atom is -0.380 e. The first kappa shape index (κ1) is 10.6. The molecule has 0 aromatic carbocycles. The molecule has 1 saturated carbocycles. The maximum Gasteiger partial charge on any atom is 0.0724 e. The molecule has 84 valence electrons. The van der Waals surface area contributed by atoms with E-state index in [-0.39, 0.29) is 0 Å². The van der Waals surface area contributed by atoms with Gasteiger partial charge in [0.15, 0.2) is 0 Å². The number of nitrogens with zero attached hydrogens (tertiary/aromatic N) is 1. The highest BCUT2D eigenvalue weighted by molar-refractivity contribution is 4.97. The van der Waals surface area contributed by atoms with E-state index in [2.05, 4.69) is 15.5 Å². The lowest BCUT2D eigenvalue weighted by molar-refractivity contribution is 0.0412. The third-order valence-corrected chi connectivity index (χ3v) is 3.12. The second kappa shape index (κ2) is 5.28. The first-order valence-electron chi connectivity index (χ1n) is 5.64. The van der Waals surface area contributed by atoms with Crippen molar-refractivity contribution in [3.63, 3.8) is 0 Å². The fourth-order valence-electron chi connectivity index (χ4n) is 2.24. The molecule has 2 atom stereocenters. The predicted molar refractivity (Wildman–Crippen MR) is 58.5 cm³/mol. The molecule has 0 aliphatic heterocycles. The lowest BCUT2D eigenvalue weighted by Gasteiger charge is -2.31. The Labute approximate surface area is 90.4 Å². The summed E-state index contributed by atoms with van der Waals surface area (Å²) in [5, 5.41) is 10.4. The van der Waals surface area contributed by atoms with Gasteiger partial charge in [-0.3, -0.25) is 5.10 Å². The van der Waals surface area contributed by atoms with Gasteiger partial charge in [0.05, 0.1) is 6.10 Å². The number of hydrogen-bond donors (Lipinski definition) is 2. The van der Waals surface area contributed by atoms with Gasteiger partial charge >= 0.3 is 0 Å². The van der Waals surface area contributed by atoms with Gasteiger partial charge in [-0.25, -0.2) is 0 Å². The van der Waals surface area contributed by atoms with Crippen LogP contribution in [0.25, 0.3) is 0 Å². The molecule has 0 spiro atoms. The average molecular weight is 209 g/mol. The molecule has 0 saturated heterocycles. The Morgan fingerprint density at radius 3 is 3.13 bits per heavy atom. The normalized spacial score (nSPS) is 26.7. The van der Waals surface area contributed by atoms with E-state index in [1.54, 1.807) is 13.3 Å². The number of rotatable bonds is 4. The molecule has 2 N–H and O–H groups in total. The monoisotopic (exact) mass is 209 g/mol. The number of ether oxygens (including phenoxy) is 1. The van der Waals surface area contributed by atoms with E-state index in [1.807, 2.05) is 6.07 Å². The fraction of sp³-hybridized carbons (Fsp3) is 0.727. The van der Waals surface area contributed by atoms with Crippen LogP contribution in [0, 0.1) is 0 Å². The topological polar surface area (TPSA) is 49.9 Å². The third kappa shape index (κ3) is 2.79. The van der Waals surface area contributed by atoms with Gasteiger partial charge < -0.3 is 10.1 Å². The van der Waals surface area contributed by atoms with Crippen LogP contribution >= 0.6 is 0 Å². The molecule has 1 aliphatic carbocycles. The van der Waals surface area contributed by atoms with E-state index < -0.39 is 0 Å². The molecule has 15 heavy (non-hydrogen) atoms. The van der Waals surface area contributed by atoms with Crippen molar-refractivity contribution in [2.24, 2.45) is 0 Å². The minimum atomic E-state index is 0.377. The van der Waals surface area contributed by atoms with Crippen molar-refractivity contribution in [1.29, 1.82) is 0 Å². The summed E-state index contributed by atoms with van der Waals surface area (Å²) in [5.74, 6) is 0. The minimum absolute atomic E-state index is 0.377. The van der Waals surface area contributed by atoms with Gasteiger partial charge in [-0.15, -0.1) is 0 Å². The Morgan fingerprint density at radius 2 is 2.40 bits per heavy atom. The van der Waals surface area contributed by atoms with Gasteiger partial charge in [-0.05, 0) is 18.9 Å². The van der Waals surface area contributed by atoms with Crippen LogP contribution in [0.15, 0.2) is 12.3 Å². The van der Waals surface area contributed by atoms with Crippen molar-refractivity contribution >= 4 is 0 Å². The van der Waals surface area contributed by atoms with E-state index in [0.717, 1.165) is 12.2 Å². The molecule has 1 fully saturated rings. The van der Waals surface area contributed by atoms with Gasteiger partial charge in [0.2, 0.25) is 0 Å². The second-order valence-electron chi connectivity index (χ2n) is 4.13. The smallest absolute Gasteiger partial charge is 0.0724 e. The lowest BCUT2D eigenvalue weighted by Crippen LogP contribution is -2.42. The number of methoxy groups -OCH3 is 1. The number of aromatic amines is 1. The van der Waals surface area contributed by atoms with E-state index >= 15 is 0 Å². The van der Waals surface area contributed by atoms with Crippen molar-refractivity contribution in [3.8, 4) is 0 Å². The highest BCUT2D eigenvalue weighted by Crippen LogP contribution is 2.20. The van der Waals surface area contributed by atoms with Crippen LogP contribution in [0.5, 0.6) is 0 Å². The maximum atomic E-state index is 5.49. The molecular weight excluding hydrogens is 190 g/mol. The highest BCUT2D eigenvalue weighted by atomic mass is 16.5. The summed E-state index contributed by atoms with van der Waals surface area (Å²) in [6, 6.07) is 2.49. The Morgan fingerprint density at radius 1 is 1.53 bits per heavy atom. The summed E-state index contributed by atoms with van der Waals surface area (Å²) in [7, 11) is 1.81. The van der Waals surface area contributed by atoms with Gasteiger partial charge in [0, 0.05) is 31.6 Å². The standard InChI is InChI=1S/C11H19N3O/c1-15-11-5-3-2-4-10(11)12-8-9-6-7-13-14-9/h6-7,10-12H,2-5,8H2,1H3,(H,13,14). The zero-order valence-electron chi connectivity index (χ0n) is 9.20. The summed E-state index contributed by atoms with van der Waals surface area (Å²) in [5.41, 5.74) is 1.13. The van der Waals surface area contributed by atoms with Crippen LogP contribution in [-0.2, 0) is 11.3 Å².